The predicted molar refractivity (Wildman–Crippen MR) is 74.2 cm³/mol. The van der Waals surface area contributed by atoms with Gasteiger partial charge >= 0.3 is 0 Å². The minimum atomic E-state index is 0.235. The second kappa shape index (κ2) is 6.75. The highest BCUT2D eigenvalue weighted by Gasteiger charge is 2.29. The molecule has 0 aromatic carbocycles. The van der Waals surface area contributed by atoms with Gasteiger partial charge in [0, 0.05) is 18.8 Å². The minimum absolute atomic E-state index is 0.235. The average molecular weight is 241 g/mol. The summed E-state index contributed by atoms with van der Waals surface area (Å²) in [5.41, 5.74) is 0.235. The number of rotatable bonds is 5. The molecule has 0 aromatic rings. The highest BCUT2D eigenvalue weighted by atomic mass is 16.5. The Morgan fingerprint density at radius 1 is 1.18 bits per heavy atom. The molecule has 0 amide bonds. The second-order valence-corrected chi connectivity index (χ2v) is 6.73. The summed E-state index contributed by atoms with van der Waals surface area (Å²) in [7, 11) is 0. The monoisotopic (exact) mass is 241 g/mol. The van der Waals surface area contributed by atoms with Crippen molar-refractivity contribution in [2.75, 3.05) is 19.8 Å². The SMILES string of the molecule is CCOCC1CC(C)CCC1CNC(C)(C)C. The number of ether oxygens (including phenoxy) is 1. The van der Waals surface area contributed by atoms with Gasteiger partial charge in [0.2, 0.25) is 0 Å². The molecule has 0 radical (unpaired) electrons. The summed E-state index contributed by atoms with van der Waals surface area (Å²) in [5.74, 6) is 2.44. The van der Waals surface area contributed by atoms with Gasteiger partial charge in [-0.3, -0.25) is 0 Å². The smallest absolute Gasteiger partial charge is 0.0497 e. The first kappa shape index (κ1) is 15.0. The Bertz CT molecular complexity index is 209. The van der Waals surface area contributed by atoms with E-state index in [2.05, 4.69) is 39.9 Å². The lowest BCUT2D eigenvalue weighted by molar-refractivity contribution is 0.0515. The van der Waals surface area contributed by atoms with Crippen LogP contribution in [0.5, 0.6) is 0 Å². The van der Waals surface area contributed by atoms with Crippen LogP contribution in [0.4, 0.5) is 0 Å². The van der Waals surface area contributed by atoms with Gasteiger partial charge in [-0.1, -0.05) is 13.3 Å². The zero-order valence-electron chi connectivity index (χ0n) is 12.4. The van der Waals surface area contributed by atoms with Gasteiger partial charge < -0.3 is 10.1 Å². The number of hydrogen-bond acceptors (Lipinski definition) is 2. The number of hydrogen-bond donors (Lipinski definition) is 1. The van der Waals surface area contributed by atoms with Crippen LogP contribution in [-0.2, 0) is 4.74 Å². The van der Waals surface area contributed by atoms with Gasteiger partial charge in [0.1, 0.15) is 0 Å². The molecule has 0 aromatic heterocycles. The molecule has 0 aliphatic heterocycles. The third-order valence-corrected chi connectivity index (χ3v) is 3.83. The van der Waals surface area contributed by atoms with E-state index in [0.717, 1.165) is 37.5 Å². The maximum Gasteiger partial charge on any atom is 0.0497 e. The molecule has 0 heterocycles. The first-order chi connectivity index (χ1) is 7.92. The Morgan fingerprint density at radius 2 is 1.88 bits per heavy atom. The van der Waals surface area contributed by atoms with Crippen LogP contribution in [0.1, 0.15) is 53.9 Å². The van der Waals surface area contributed by atoms with Crippen molar-refractivity contribution in [1.82, 2.24) is 5.32 Å². The first-order valence-electron chi connectivity index (χ1n) is 7.25. The van der Waals surface area contributed by atoms with Crippen molar-refractivity contribution in [3.63, 3.8) is 0 Å². The quantitative estimate of drug-likeness (QED) is 0.796. The summed E-state index contributed by atoms with van der Waals surface area (Å²) in [6.07, 6.45) is 4.09. The molecule has 102 valence electrons. The third kappa shape index (κ3) is 5.87. The Balaban J connectivity index is 2.42. The summed E-state index contributed by atoms with van der Waals surface area (Å²) in [6, 6.07) is 0. The fraction of sp³-hybridized carbons (Fsp3) is 1.00. The molecule has 17 heavy (non-hydrogen) atoms. The van der Waals surface area contributed by atoms with E-state index in [9.17, 15) is 0 Å². The molecule has 1 N–H and O–H groups in total. The van der Waals surface area contributed by atoms with E-state index in [1.54, 1.807) is 0 Å². The highest BCUT2D eigenvalue weighted by molar-refractivity contribution is 4.82. The molecule has 2 nitrogen and oxygen atoms in total. The van der Waals surface area contributed by atoms with Crippen LogP contribution in [0, 0.1) is 17.8 Å². The van der Waals surface area contributed by atoms with Gasteiger partial charge in [-0.2, -0.15) is 0 Å². The molecule has 3 atom stereocenters. The van der Waals surface area contributed by atoms with Crippen LogP contribution in [0.2, 0.25) is 0 Å². The molecule has 2 heteroatoms. The zero-order chi connectivity index (χ0) is 12.9. The molecule has 0 saturated heterocycles. The summed E-state index contributed by atoms with van der Waals surface area (Å²) < 4.78 is 5.66. The van der Waals surface area contributed by atoms with Gasteiger partial charge in [0.05, 0.1) is 0 Å². The van der Waals surface area contributed by atoms with Crippen LogP contribution in [0.25, 0.3) is 0 Å². The molecule has 1 fully saturated rings. The van der Waals surface area contributed by atoms with Gasteiger partial charge in [0.15, 0.2) is 0 Å². The van der Waals surface area contributed by atoms with E-state index in [0.29, 0.717) is 0 Å². The minimum Gasteiger partial charge on any atom is -0.381 e. The summed E-state index contributed by atoms with van der Waals surface area (Å²) in [6.45, 7) is 14.2. The zero-order valence-corrected chi connectivity index (χ0v) is 12.4. The molecule has 1 saturated carbocycles. The third-order valence-electron chi connectivity index (χ3n) is 3.83. The van der Waals surface area contributed by atoms with Gasteiger partial charge in [-0.25, -0.2) is 0 Å². The topological polar surface area (TPSA) is 21.3 Å². The van der Waals surface area contributed by atoms with Crippen LogP contribution in [0.3, 0.4) is 0 Å². The second-order valence-electron chi connectivity index (χ2n) is 6.73. The molecular weight excluding hydrogens is 210 g/mol. The first-order valence-corrected chi connectivity index (χ1v) is 7.25. The van der Waals surface area contributed by atoms with Crippen molar-refractivity contribution >= 4 is 0 Å². The molecule has 1 aliphatic carbocycles. The fourth-order valence-corrected chi connectivity index (χ4v) is 2.74. The van der Waals surface area contributed by atoms with E-state index in [1.807, 2.05) is 0 Å². The Kier molecular flexibility index (Phi) is 5.94. The van der Waals surface area contributed by atoms with E-state index < -0.39 is 0 Å². The molecule has 0 spiro atoms. The Morgan fingerprint density at radius 3 is 2.47 bits per heavy atom. The van der Waals surface area contributed by atoms with E-state index in [-0.39, 0.29) is 5.54 Å². The molecule has 0 bridgehead atoms. The van der Waals surface area contributed by atoms with Crippen molar-refractivity contribution in [3.05, 3.63) is 0 Å². The lowest BCUT2D eigenvalue weighted by Gasteiger charge is -2.36. The van der Waals surface area contributed by atoms with E-state index >= 15 is 0 Å². The van der Waals surface area contributed by atoms with Gasteiger partial charge in [0.25, 0.3) is 0 Å². The lowest BCUT2D eigenvalue weighted by atomic mass is 9.75. The van der Waals surface area contributed by atoms with Crippen molar-refractivity contribution in [2.24, 2.45) is 17.8 Å². The molecule has 1 aliphatic rings. The van der Waals surface area contributed by atoms with Crippen molar-refractivity contribution < 1.29 is 4.74 Å². The van der Waals surface area contributed by atoms with Crippen molar-refractivity contribution in [1.29, 1.82) is 0 Å². The lowest BCUT2D eigenvalue weighted by Crippen LogP contribution is -2.42. The van der Waals surface area contributed by atoms with Gasteiger partial charge in [-0.05, 0) is 64.8 Å². The van der Waals surface area contributed by atoms with Crippen molar-refractivity contribution in [2.45, 2.75) is 59.4 Å². The van der Waals surface area contributed by atoms with Crippen LogP contribution >= 0.6 is 0 Å². The highest BCUT2D eigenvalue weighted by Crippen LogP contribution is 2.33. The Labute approximate surface area is 108 Å². The normalized spacial score (nSPS) is 30.5. The molecule has 3 unspecified atom stereocenters. The average Bonchev–Trinajstić information content (AvgIpc) is 2.23. The van der Waals surface area contributed by atoms with Gasteiger partial charge in [-0.15, -0.1) is 0 Å². The maximum atomic E-state index is 5.66. The van der Waals surface area contributed by atoms with Crippen LogP contribution in [-0.4, -0.2) is 25.3 Å². The molecule has 1 rings (SSSR count). The Hall–Kier alpha value is -0.0800. The fourth-order valence-electron chi connectivity index (χ4n) is 2.74. The van der Waals surface area contributed by atoms with Crippen molar-refractivity contribution in [3.8, 4) is 0 Å². The van der Waals surface area contributed by atoms with Crippen LogP contribution in [0.15, 0.2) is 0 Å². The molecular formula is C15H31NO. The van der Waals surface area contributed by atoms with Crippen LogP contribution < -0.4 is 5.32 Å². The summed E-state index contributed by atoms with van der Waals surface area (Å²) >= 11 is 0. The number of nitrogens with one attached hydrogen (secondary N) is 1. The summed E-state index contributed by atoms with van der Waals surface area (Å²) in [5, 5.41) is 3.66. The predicted octanol–water partition coefficient (Wildman–Crippen LogP) is 3.46. The maximum absolute atomic E-state index is 5.66. The van der Waals surface area contributed by atoms with E-state index in [4.69, 9.17) is 4.74 Å². The largest absolute Gasteiger partial charge is 0.381 e. The standard InChI is InChI=1S/C15H31NO/c1-6-17-11-14-9-12(2)7-8-13(14)10-16-15(3,4)5/h12-14,16H,6-11H2,1-5H3. The summed E-state index contributed by atoms with van der Waals surface area (Å²) in [4.78, 5) is 0. The van der Waals surface area contributed by atoms with E-state index in [1.165, 1.54) is 19.3 Å².